The molecule has 0 radical (unpaired) electrons. The van der Waals surface area contributed by atoms with E-state index in [4.69, 9.17) is 23.2 Å². The second-order valence-corrected chi connectivity index (χ2v) is 5.70. The highest BCUT2D eigenvalue weighted by atomic mass is 35.5. The van der Waals surface area contributed by atoms with E-state index in [1.165, 1.54) is 12.1 Å². The van der Waals surface area contributed by atoms with E-state index in [1.54, 1.807) is 30.3 Å². The number of hydrogen-bond acceptors (Lipinski definition) is 4. The normalized spacial score (nSPS) is 17.0. The first-order valence-corrected chi connectivity index (χ1v) is 7.32. The Morgan fingerprint density at radius 1 is 1.14 bits per heavy atom. The van der Waals surface area contributed by atoms with Gasteiger partial charge in [-0.2, -0.15) is 5.10 Å². The van der Waals surface area contributed by atoms with E-state index >= 15 is 0 Å². The minimum absolute atomic E-state index is 0.0526. The van der Waals surface area contributed by atoms with Crippen LogP contribution in [-0.4, -0.2) is 10.6 Å². The molecule has 7 heteroatoms. The van der Waals surface area contributed by atoms with Crippen LogP contribution in [0.15, 0.2) is 47.6 Å². The van der Waals surface area contributed by atoms with Crippen LogP contribution in [-0.2, 0) is 0 Å². The molecule has 1 aliphatic rings. The predicted octanol–water partition coefficient (Wildman–Crippen LogP) is 4.34. The molecule has 112 valence electrons. The molecule has 0 spiro atoms. The lowest BCUT2D eigenvalue weighted by Gasteiger charge is -2.10. The molecule has 0 bridgehead atoms. The molecule has 2 aromatic carbocycles. The molecule has 1 unspecified atom stereocenters. The van der Waals surface area contributed by atoms with Gasteiger partial charge in [-0.05, 0) is 17.7 Å². The van der Waals surface area contributed by atoms with Gasteiger partial charge < -0.3 is 5.43 Å². The molecule has 5 nitrogen and oxygen atoms in total. The van der Waals surface area contributed by atoms with Gasteiger partial charge in [-0.1, -0.05) is 41.4 Å². The summed E-state index contributed by atoms with van der Waals surface area (Å²) in [7, 11) is 0. The lowest BCUT2D eigenvalue weighted by atomic mass is 9.99. The number of rotatable bonds is 3. The summed E-state index contributed by atoms with van der Waals surface area (Å²) in [6, 6.07) is 11.7. The standard InChI is InChI=1S/C15H11Cl2N3O2/c16-11-2-1-3-12(17)15(11)14-8-13(18-19-14)9-4-6-10(7-5-9)20(21)22/h1-7,13,18H,8H2. The van der Waals surface area contributed by atoms with E-state index in [0.717, 1.165) is 16.8 Å². The van der Waals surface area contributed by atoms with Gasteiger partial charge in [0.05, 0.1) is 26.7 Å². The summed E-state index contributed by atoms with van der Waals surface area (Å²) in [5, 5.41) is 16.1. The van der Waals surface area contributed by atoms with Crippen molar-refractivity contribution in [2.24, 2.45) is 5.10 Å². The van der Waals surface area contributed by atoms with E-state index in [1.807, 2.05) is 0 Å². The number of non-ortho nitro benzene ring substituents is 1. The van der Waals surface area contributed by atoms with Crippen LogP contribution in [0.25, 0.3) is 0 Å². The summed E-state index contributed by atoms with van der Waals surface area (Å²) in [5.41, 5.74) is 5.52. The summed E-state index contributed by atoms with van der Waals surface area (Å²) in [6.45, 7) is 0. The molecule has 2 aromatic rings. The summed E-state index contributed by atoms with van der Waals surface area (Å²) in [6.07, 6.45) is 0.612. The Hall–Kier alpha value is -2.11. The Balaban J connectivity index is 1.81. The van der Waals surface area contributed by atoms with Crippen LogP contribution >= 0.6 is 23.2 Å². The highest BCUT2D eigenvalue weighted by molar-refractivity contribution is 6.40. The van der Waals surface area contributed by atoms with Crippen molar-refractivity contribution in [2.45, 2.75) is 12.5 Å². The second-order valence-electron chi connectivity index (χ2n) is 4.89. The molecule has 0 fully saturated rings. The molecule has 0 aromatic heterocycles. The van der Waals surface area contributed by atoms with Crippen LogP contribution in [0.4, 0.5) is 5.69 Å². The van der Waals surface area contributed by atoms with Crippen molar-refractivity contribution in [1.29, 1.82) is 0 Å². The molecule has 0 saturated carbocycles. The van der Waals surface area contributed by atoms with Gasteiger partial charge in [0.1, 0.15) is 0 Å². The average molecular weight is 336 g/mol. The Morgan fingerprint density at radius 2 is 1.77 bits per heavy atom. The fraction of sp³-hybridized carbons (Fsp3) is 0.133. The highest BCUT2D eigenvalue weighted by Crippen LogP contribution is 2.32. The number of benzene rings is 2. The van der Waals surface area contributed by atoms with Gasteiger partial charge in [0.15, 0.2) is 0 Å². The molecule has 1 atom stereocenters. The SMILES string of the molecule is O=[N+]([O-])c1ccc(C2CC(c3c(Cl)cccc3Cl)=NN2)cc1. The zero-order valence-electron chi connectivity index (χ0n) is 11.3. The summed E-state index contributed by atoms with van der Waals surface area (Å²) >= 11 is 12.4. The Labute approximate surface area is 136 Å². The second kappa shape index (κ2) is 5.94. The van der Waals surface area contributed by atoms with Crippen molar-refractivity contribution < 1.29 is 4.92 Å². The molecule has 22 heavy (non-hydrogen) atoms. The Kier molecular flexibility index (Phi) is 4.00. The van der Waals surface area contributed by atoms with Gasteiger partial charge in [-0.25, -0.2) is 0 Å². The minimum atomic E-state index is -0.419. The van der Waals surface area contributed by atoms with Crippen LogP contribution in [0.5, 0.6) is 0 Å². The van der Waals surface area contributed by atoms with Crippen molar-refractivity contribution in [3.63, 3.8) is 0 Å². The summed E-state index contributed by atoms with van der Waals surface area (Å²) in [4.78, 5) is 10.3. The van der Waals surface area contributed by atoms with Crippen LogP contribution in [0.2, 0.25) is 10.0 Å². The number of nitro groups is 1. The first kappa shape index (κ1) is 14.8. The van der Waals surface area contributed by atoms with Crippen molar-refractivity contribution in [3.8, 4) is 0 Å². The summed E-state index contributed by atoms with van der Waals surface area (Å²) < 4.78 is 0. The molecule has 3 rings (SSSR count). The largest absolute Gasteiger partial charge is 0.302 e. The molecular weight excluding hydrogens is 325 g/mol. The van der Waals surface area contributed by atoms with Crippen molar-refractivity contribution in [1.82, 2.24) is 5.43 Å². The van der Waals surface area contributed by atoms with Gasteiger partial charge in [0, 0.05) is 24.1 Å². The van der Waals surface area contributed by atoms with E-state index in [-0.39, 0.29) is 11.7 Å². The molecule has 1 aliphatic heterocycles. The lowest BCUT2D eigenvalue weighted by Crippen LogP contribution is -2.10. The Morgan fingerprint density at radius 3 is 2.36 bits per heavy atom. The molecule has 0 saturated heterocycles. The molecule has 1 N–H and O–H groups in total. The van der Waals surface area contributed by atoms with Crippen molar-refractivity contribution >= 4 is 34.6 Å². The first-order valence-electron chi connectivity index (χ1n) is 6.57. The van der Waals surface area contributed by atoms with Crippen LogP contribution < -0.4 is 5.43 Å². The third-order valence-electron chi connectivity index (χ3n) is 3.51. The number of halogens is 2. The van der Waals surface area contributed by atoms with E-state index in [2.05, 4.69) is 10.5 Å². The zero-order valence-corrected chi connectivity index (χ0v) is 12.8. The summed E-state index contributed by atoms with van der Waals surface area (Å²) in [5.74, 6) is 0. The molecule has 0 amide bonds. The smallest absolute Gasteiger partial charge is 0.269 e. The van der Waals surface area contributed by atoms with E-state index in [0.29, 0.717) is 16.5 Å². The maximum absolute atomic E-state index is 10.7. The number of hydrazone groups is 1. The van der Waals surface area contributed by atoms with Gasteiger partial charge in [-0.3, -0.25) is 10.1 Å². The monoisotopic (exact) mass is 335 g/mol. The predicted molar refractivity (Wildman–Crippen MR) is 86.6 cm³/mol. The third kappa shape index (κ3) is 2.77. The molecule has 1 heterocycles. The van der Waals surface area contributed by atoms with E-state index < -0.39 is 4.92 Å². The maximum atomic E-state index is 10.7. The van der Waals surface area contributed by atoms with Crippen molar-refractivity contribution in [2.75, 3.05) is 0 Å². The lowest BCUT2D eigenvalue weighted by molar-refractivity contribution is -0.384. The van der Waals surface area contributed by atoms with Gasteiger partial charge in [0.25, 0.3) is 5.69 Å². The molecular formula is C15H11Cl2N3O2. The fourth-order valence-corrected chi connectivity index (χ4v) is 3.01. The Bertz CT molecular complexity index is 740. The highest BCUT2D eigenvalue weighted by Gasteiger charge is 2.24. The third-order valence-corrected chi connectivity index (χ3v) is 4.14. The number of nitro benzene ring substituents is 1. The number of hydrogen-bond donors (Lipinski definition) is 1. The van der Waals surface area contributed by atoms with Gasteiger partial charge >= 0.3 is 0 Å². The van der Waals surface area contributed by atoms with Crippen LogP contribution in [0.3, 0.4) is 0 Å². The van der Waals surface area contributed by atoms with Crippen molar-refractivity contribution in [3.05, 3.63) is 73.8 Å². The first-order chi connectivity index (χ1) is 10.6. The number of nitrogens with one attached hydrogen (secondary N) is 1. The minimum Gasteiger partial charge on any atom is -0.302 e. The topological polar surface area (TPSA) is 67.5 Å². The van der Waals surface area contributed by atoms with E-state index in [9.17, 15) is 10.1 Å². The molecule has 0 aliphatic carbocycles. The van der Waals surface area contributed by atoms with Crippen LogP contribution in [0.1, 0.15) is 23.6 Å². The number of nitrogens with zero attached hydrogens (tertiary/aromatic N) is 2. The van der Waals surface area contributed by atoms with Gasteiger partial charge in [0.2, 0.25) is 0 Å². The van der Waals surface area contributed by atoms with Gasteiger partial charge in [-0.15, -0.1) is 0 Å². The quantitative estimate of drug-likeness (QED) is 0.670. The average Bonchev–Trinajstić information content (AvgIpc) is 2.97. The van der Waals surface area contributed by atoms with Crippen LogP contribution in [0, 0.1) is 10.1 Å². The fourth-order valence-electron chi connectivity index (χ4n) is 2.39. The zero-order chi connectivity index (χ0) is 15.7. The maximum Gasteiger partial charge on any atom is 0.269 e.